The number of benzene rings is 2. The van der Waals surface area contributed by atoms with Gasteiger partial charge in [-0.25, -0.2) is 0 Å². The molecule has 2 aromatic rings. The number of hydrogen-bond donors (Lipinski definition) is 1. The Morgan fingerprint density at radius 3 is 2.58 bits per heavy atom. The van der Waals surface area contributed by atoms with E-state index in [4.69, 9.17) is 11.6 Å². The van der Waals surface area contributed by atoms with E-state index < -0.39 is 11.9 Å². The molecule has 1 aliphatic rings. The molecular formula is C21H22ClNO3. The monoisotopic (exact) mass is 371 g/mol. The number of nitrogens with zero attached hydrogens (tertiary/aromatic N) is 1. The van der Waals surface area contributed by atoms with Gasteiger partial charge in [-0.1, -0.05) is 54.9 Å². The molecule has 1 amide bonds. The molecule has 1 aliphatic heterocycles. The molecule has 1 N–H and O–H groups in total. The molecule has 5 heteroatoms. The van der Waals surface area contributed by atoms with Crippen LogP contribution in [0.4, 0.5) is 0 Å². The first-order chi connectivity index (χ1) is 12.4. The molecule has 0 fully saturated rings. The zero-order chi connectivity index (χ0) is 18.7. The second-order valence-electron chi connectivity index (χ2n) is 7.00. The second-order valence-corrected chi connectivity index (χ2v) is 7.44. The number of halogens is 1. The van der Waals surface area contributed by atoms with Crippen molar-refractivity contribution in [3.63, 3.8) is 0 Å². The number of carbonyl (C=O) groups is 2. The smallest absolute Gasteiger partial charge is 0.312 e. The largest absolute Gasteiger partial charge is 0.481 e. The average molecular weight is 372 g/mol. The van der Waals surface area contributed by atoms with Crippen molar-refractivity contribution in [2.75, 3.05) is 6.54 Å². The maximum Gasteiger partial charge on any atom is 0.312 e. The van der Waals surface area contributed by atoms with E-state index >= 15 is 0 Å². The maximum absolute atomic E-state index is 12.7. The summed E-state index contributed by atoms with van der Waals surface area (Å²) < 4.78 is 0. The lowest BCUT2D eigenvalue weighted by Gasteiger charge is -2.33. The van der Waals surface area contributed by atoms with Crippen molar-refractivity contribution >= 4 is 23.5 Å². The fraction of sp³-hybridized carbons (Fsp3) is 0.333. The highest BCUT2D eigenvalue weighted by Crippen LogP contribution is 2.29. The molecule has 3 rings (SSSR count). The Morgan fingerprint density at radius 1 is 1.19 bits per heavy atom. The van der Waals surface area contributed by atoms with Crippen LogP contribution >= 0.6 is 11.6 Å². The lowest BCUT2D eigenvalue weighted by atomic mass is 9.89. The van der Waals surface area contributed by atoms with Crippen LogP contribution in [0.3, 0.4) is 0 Å². The number of amides is 1. The number of carboxylic acid groups (broad SMARTS) is 1. The zero-order valence-electron chi connectivity index (χ0n) is 14.7. The number of hydrogen-bond acceptors (Lipinski definition) is 2. The van der Waals surface area contributed by atoms with E-state index in [1.54, 1.807) is 4.90 Å². The Hall–Kier alpha value is -2.33. The molecule has 1 heterocycles. The minimum atomic E-state index is -0.885. The van der Waals surface area contributed by atoms with Crippen LogP contribution in [0.15, 0.2) is 48.5 Å². The number of fused-ring (bicyclic) bond motifs is 1. The minimum Gasteiger partial charge on any atom is -0.481 e. The van der Waals surface area contributed by atoms with Gasteiger partial charge in [0.2, 0.25) is 5.91 Å². The van der Waals surface area contributed by atoms with Gasteiger partial charge in [0, 0.05) is 24.5 Å². The van der Waals surface area contributed by atoms with Crippen LogP contribution in [-0.2, 0) is 22.6 Å². The van der Waals surface area contributed by atoms with Crippen LogP contribution in [0.2, 0.25) is 5.02 Å². The lowest BCUT2D eigenvalue weighted by Crippen LogP contribution is -2.41. The predicted molar refractivity (Wildman–Crippen MR) is 101 cm³/mol. The normalized spacial score (nSPS) is 17.5. The van der Waals surface area contributed by atoms with E-state index in [0.29, 0.717) is 18.0 Å². The Labute approximate surface area is 158 Å². The molecule has 0 radical (unpaired) electrons. The van der Waals surface area contributed by atoms with E-state index in [1.165, 1.54) is 0 Å². The summed E-state index contributed by atoms with van der Waals surface area (Å²) in [6.07, 6.45) is 1.19. The van der Waals surface area contributed by atoms with Crippen molar-refractivity contribution in [1.82, 2.24) is 4.90 Å². The molecule has 0 aliphatic carbocycles. The van der Waals surface area contributed by atoms with Crippen molar-refractivity contribution < 1.29 is 14.7 Å². The fourth-order valence-corrected chi connectivity index (χ4v) is 3.66. The Balaban J connectivity index is 1.66. The molecule has 2 unspecified atom stereocenters. The van der Waals surface area contributed by atoms with Gasteiger partial charge in [0.1, 0.15) is 0 Å². The van der Waals surface area contributed by atoms with Crippen molar-refractivity contribution in [3.05, 3.63) is 70.2 Å². The summed E-state index contributed by atoms with van der Waals surface area (Å²) >= 11 is 5.91. The number of aliphatic carboxylic acids is 1. The van der Waals surface area contributed by atoms with Crippen molar-refractivity contribution in [2.45, 2.75) is 32.2 Å². The molecule has 0 bridgehead atoms. The van der Waals surface area contributed by atoms with Crippen LogP contribution in [0, 0.1) is 5.92 Å². The van der Waals surface area contributed by atoms with Gasteiger partial charge in [-0.3, -0.25) is 9.59 Å². The number of carboxylic acids is 1. The third-order valence-electron chi connectivity index (χ3n) is 4.87. The predicted octanol–water partition coefficient (Wildman–Crippen LogP) is 4.12. The molecule has 0 saturated carbocycles. The first-order valence-corrected chi connectivity index (χ1v) is 9.14. The van der Waals surface area contributed by atoms with Gasteiger partial charge >= 0.3 is 5.97 Å². The second kappa shape index (κ2) is 7.92. The van der Waals surface area contributed by atoms with Crippen LogP contribution in [0.1, 0.15) is 36.0 Å². The van der Waals surface area contributed by atoms with Gasteiger partial charge in [-0.05, 0) is 41.2 Å². The zero-order valence-corrected chi connectivity index (χ0v) is 15.4. The molecule has 26 heavy (non-hydrogen) atoms. The van der Waals surface area contributed by atoms with E-state index in [1.807, 2.05) is 55.5 Å². The molecule has 136 valence electrons. The fourth-order valence-electron chi connectivity index (χ4n) is 3.53. The lowest BCUT2D eigenvalue weighted by molar-refractivity contribution is -0.141. The van der Waals surface area contributed by atoms with Crippen molar-refractivity contribution in [2.24, 2.45) is 5.92 Å². The number of carbonyl (C=O) groups excluding carboxylic acids is 1. The molecule has 2 atom stereocenters. The van der Waals surface area contributed by atoms with E-state index in [9.17, 15) is 14.7 Å². The van der Waals surface area contributed by atoms with Crippen molar-refractivity contribution in [1.29, 1.82) is 0 Å². The highest BCUT2D eigenvalue weighted by Gasteiger charge is 2.32. The standard InChI is InChI=1S/C21H22ClNO3/c1-14(10-15-6-8-17(22)9-7-15)11-20(24)23-12-16-4-2-3-5-18(16)19(13-23)21(25)26/h2-9,14,19H,10-13H2,1H3,(H,25,26). The van der Waals surface area contributed by atoms with Gasteiger partial charge in [-0.2, -0.15) is 0 Å². The molecular weight excluding hydrogens is 350 g/mol. The van der Waals surface area contributed by atoms with E-state index in [0.717, 1.165) is 23.1 Å². The maximum atomic E-state index is 12.7. The summed E-state index contributed by atoms with van der Waals surface area (Å²) in [5.41, 5.74) is 2.88. The SMILES string of the molecule is CC(CC(=O)N1Cc2ccccc2C(C(=O)O)C1)Cc1ccc(Cl)cc1. The first kappa shape index (κ1) is 18.5. The molecule has 2 aromatic carbocycles. The van der Waals surface area contributed by atoms with Crippen LogP contribution in [-0.4, -0.2) is 28.4 Å². The third-order valence-corrected chi connectivity index (χ3v) is 5.12. The van der Waals surface area contributed by atoms with Gasteiger partial charge < -0.3 is 10.0 Å². The highest BCUT2D eigenvalue weighted by molar-refractivity contribution is 6.30. The van der Waals surface area contributed by atoms with E-state index in [2.05, 4.69) is 0 Å². The molecule has 0 saturated heterocycles. The summed E-state index contributed by atoms with van der Waals surface area (Å²) in [6, 6.07) is 15.1. The molecule has 0 aromatic heterocycles. The van der Waals surface area contributed by atoms with Gasteiger partial charge in [0.25, 0.3) is 0 Å². The number of rotatable bonds is 5. The summed E-state index contributed by atoms with van der Waals surface area (Å²) in [4.78, 5) is 26.1. The topological polar surface area (TPSA) is 57.6 Å². The van der Waals surface area contributed by atoms with Gasteiger partial charge in [-0.15, -0.1) is 0 Å². The highest BCUT2D eigenvalue weighted by atomic mass is 35.5. The summed E-state index contributed by atoms with van der Waals surface area (Å²) in [7, 11) is 0. The quantitative estimate of drug-likeness (QED) is 0.860. The Bertz CT molecular complexity index is 803. The van der Waals surface area contributed by atoms with Gasteiger partial charge in [0.05, 0.1) is 5.92 Å². The summed E-state index contributed by atoms with van der Waals surface area (Å²) in [5, 5.41) is 10.2. The van der Waals surface area contributed by atoms with Gasteiger partial charge in [0.15, 0.2) is 0 Å². The summed E-state index contributed by atoms with van der Waals surface area (Å²) in [5.74, 6) is -1.36. The molecule has 0 spiro atoms. The average Bonchev–Trinajstić information content (AvgIpc) is 2.62. The van der Waals surface area contributed by atoms with Crippen LogP contribution in [0.5, 0.6) is 0 Å². The third kappa shape index (κ3) is 4.25. The Morgan fingerprint density at radius 2 is 1.88 bits per heavy atom. The van der Waals surface area contributed by atoms with Crippen LogP contribution < -0.4 is 0 Å². The van der Waals surface area contributed by atoms with E-state index in [-0.39, 0.29) is 18.4 Å². The molecule has 4 nitrogen and oxygen atoms in total. The summed E-state index contributed by atoms with van der Waals surface area (Å²) in [6.45, 7) is 2.75. The first-order valence-electron chi connectivity index (χ1n) is 8.77. The minimum absolute atomic E-state index is 0.00668. The Kier molecular flexibility index (Phi) is 5.62. The van der Waals surface area contributed by atoms with Crippen molar-refractivity contribution in [3.8, 4) is 0 Å². The van der Waals surface area contributed by atoms with Crippen LogP contribution in [0.25, 0.3) is 0 Å².